The summed E-state index contributed by atoms with van der Waals surface area (Å²) < 4.78 is 98.1. The molecule has 1 N–H and O–H groups in total. The molecule has 11 heteroatoms. The molecule has 214 valence electrons. The van der Waals surface area contributed by atoms with Gasteiger partial charge >= 0.3 is 12.4 Å². The fraction of sp³-hybridized carbons (Fsp3) is 0.571. The van der Waals surface area contributed by atoms with Crippen molar-refractivity contribution >= 4 is 0 Å². The van der Waals surface area contributed by atoms with E-state index in [4.69, 9.17) is 14.2 Å². The van der Waals surface area contributed by atoms with Gasteiger partial charge in [-0.15, -0.1) is 0 Å². The second-order valence-corrected chi connectivity index (χ2v) is 10.9. The average molecular weight is 560 g/mol. The molecule has 0 amide bonds. The molecule has 0 radical (unpaired) electrons. The number of alkyl halides is 6. The molecule has 0 aliphatic carbocycles. The standard InChI is InChI=1S/C28H31F6NO4/c1-17(20-9-21(27(29,30)31)11-22(10-20)28(32,33)34)39-25-24(18-5-3-2-4-6-18)19(7-8-38-25)12-35-14-26(15-35)16-37-13-23(26)36/h2-6,9-11,17,19,23-25,36H,7-8,12-16H2,1H3/t17?,19-,23-,24-,25+/m0/s1. The summed E-state index contributed by atoms with van der Waals surface area (Å²) in [6.07, 6.45) is -11.7. The number of aliphatic hydroxyl groups excluding tert-OH is 1. The summed E-state index contributed by atoms with van der Waals surface area (Å²) in [5, 5.41) is 10.3. The van der Waals surface area contributed by atoms with Crippen LogP contribution in [0.15, 0.2) is 48.5 Å². The van der Waals surface area contributed by atoms with Crippen molar-refractivity contribution in [3.05, 3.63) is 70.8 Å². The number of halogens is 6. The maximum Gasteiger partial charge on any atom is 0.416 e. The van der Waals surface area contributed by atoms with Crippen LogP contribution in [0.2, 0.25) is 0 Å². The van der Waals surface area contributed by atoms with E-state index in [1.165, 1.54) is 6.92 Å². The highest BCUT2D eigenvalue weighted by Gasteiger charge is 2.53. The van der Waals surface area contributed by atoms with Crippen LogP contribution in [0.3, 0.4) is 0 Å². The maximum absolute atomic E-state index is 13.4. The van der Waals surface area contributed by atoms with Gasteiger partial charge in [-0.2, -0.15) is 26.3 Å². The van der Waals surface area contributed by atoms with Crippen LogP contribution >= 0.6 is 0 Å². The van der Waals surface area contributed by atoms with Gasteiger partial charge < -0.3 is 24.2 Å². The van der Waals surface area contributed by atoms with E-state index in [0.29, 0.717) is 58.0 Å². The smallest absolute Gasteiger partial charge is 0.390 e. The molecule has 5 atom stereocenters. The SMILES string of the molecule is CC(O[C@H]1OCC[C@@H](CN2CC3(COC[C@@H]3O)C2)[C@@H]1c1ccccc1)c1cc(C(F)(F)F)cc(C(F)(F)F)c1. The zero-order valence-corrected chi connectivity index (χ0v) is 21.3. The largest absolute Gasteiger partial charge is 0.416 e. The van der Waals surface area contributed by atoms with Crippen LogP contribution in [0.5, 0.6) is 0 Å². The van der Waals surface area contributed by atoms with E-state index in [2.05, 4.69) is 4.90 Å². The van der Waals surface area contributed by atoms with Crippen molar-refractivity contribution in [1.82, 2.24) is 4.90 Å². The van der Waals surface area contributed by atoms with Gasteiger partial charge in [0, 0.05) is 31.0 Å². The van der Waals surface area contributed by atoms with E-state index >= 15 is 0 Å². The van der Waals surface area contributed by atoms with Crippen LogP contribution < -0.4 is 0 Å². The predicted octanol–water partition coefficient (Wildman–Crippen LogP) is 5.64. The predicted molar refractivity (Wildman–Crippen MR) is 129 cm³/mol. The zero-order chi connectivity index (χ0) is 28.0. The molecule has 3 aliphatic heterocycles. The lowest BCUT2D eigenvalue weighted by atomic mass is 9.75. The Kier molecular flexibility index (Phi) is 7.75. The molecular formula is C28H31F6NO4. The minimum atomic E-state index is -4.94. The molecule has 3 heterocycles. The first-order valence-corrected chi connectivity index (χ1v) is 13.0. The highest BCUT2D eigenvalue weighted by Crippen LogP contribution is 2.44. The van der Waals surface area contributed by atoms with E-state index in [1.54, 1.807) is 0 Å². The molecule has 5 rings (SSSR count). The molecule has 1 unspecified atom stereocenters. The Labute approximate surface area is 222 Å². The third-order valence-electron chi connectivity index (χ3n) is 8.12. The second kappa shape index (κ2) is 10.7. The highest BCUT2D eigenvalue weighted by atomic mass is 19.4. The number of likely N-dealkylation sites (tertiary alicyclic amines) is 1. The third-order valence-corrected chi connectivity index (χ3v) is 8.12. The molecule has 0 aromatic heterocycles. The quantitative estimate of drug-likeness (QED) is 0.465. The lowest BCUT2D eigenvalue weighted by molar-refractivity contribution is -0.213. The summed E-state index contributed by atoms with van der Waals surface area (Å²) in [4.78, 5) is 2.24. The molecule has 1 spiro atoms. The van der Waals surface area contributed by atoms with Gasteiger partial charge in [0.1, 0.15) is 0 Å². The first-order valence-electron chi connectivity index (χ1n) is 13.0. The van der Waals surface area contributed by atoms with Crippen molar-refractivity contribution in [1.29, 1.82) is 0 Å². The number of nitrogens with zero attached hydrogens (tertiary/aromatic N) is 1. The number of rotatable bonds is 6. The Morgan fingerprint density at radius 2 is 1.67 bits per heavy atom. The summed E-state index contributed by atoms with van der Waals surface area (Å²) in [5.41, 5.74) is -2.32. The van der Waals surface area contributed by atoms with E-state index in [1.807, 2.05) is 30.3 Å². The molecule has 2 aromatic carbocycles. The van der Waals surface area contributed by atoms with Crippen LogP contribution in [-0.2, 0) is 26.6 Å². The number of aliphatic hydroxyl groups is 1. The van der Waals surface area contributed by atoms with Crippen LogP contribution in [0.4, 0.5) is 26.3 Å². The van der Waals surface area contributed by atoms with Crippen molar-refractivity contribution in [2.24, 2.45) is 11.3 Å². The molecule has 2 aromatic rings. The van der Waals surface area contributed by atoms with Crippen LogP contribution in [-0.4, -0.2) is 61.9 Å². The summed E-state index contributed by atoms with van der Waals surface area (Å²) in [6.45, 7) is 4.70. The lowest BCUT2D eigenvalue weighted by Gasteiger charge is -2.51. The number of hydrogen-bond donors (Lipinski definition) is 1. The van der Waals surface area contributed by atoms with Crippen LogP contribution in [0.25, 0.3) is 0 Å². The molecule has 0 saturated carbocycles. The Balaban J connectivity index is 1.37. The fourth-order valence-corrected chi connectivity index (χ4v) is 6.02. The summed E-state index contributed by atoms with van der Waals surface area (Å²) in [6, 6.07) is 11.0. The Hall–Kier alpha value is -2.18. The molecule has 5 nitrogen and oxygen atoms in total. The van der Waals surface area contributed by atoms with Gasteiger partial charge in [-0.1, -0.05) is 30.3 Å². The molecule has 3 fully saturated rings. The Bertz CT molecular complexity index is 1100. The molecule has 0 bridgehead atoms. The van der Waals surface area contributed by atoms with E-state index in [-0.39, 0.29) is 28.9 Å². The number of ether oxygens (including phenoxy) is 3. The van der Waals surface area contributed by atoms with Gasteiger partial charge in [0.25, 0.3) is 0 Å². The van der Waals surface area contributed by atoms with Gasteiger partial charge in [-0.05, 0) is 48.6 Å². The number of hydrogen-bond acceptors (Lipinski definition) is 5. The number of benzene rings is 2. The minimum absolute atomic E-state index is 0.0578. The minimum Gasteiger partial charge on any atom is -0.390 e. The van der Waals surface area contributed by atoms with E-state index < -0.39 is 42.0 Å². The van der Waals surface area contributed by atoms with Gasteiger partial charge in [0.2, 0.25) is 0 Å². The summed E-state index contributed by atoms with van der Waals surface area (Å²) in [7, 11) is 0. The normalized spacial score (nSPS) is 28.4. The average Bonchev–Trinajstić information content (AvgIpc) is 3.24. The van der Waals surface area contributed by atoms with Crippen molar-refractivity contribution in [3.63, 3.8) is 0 Å². The van der Waals surface area contributed by atoms with Gasteiger partial charge in [0.15, 0.2) is 6.29 Å². The first-order chi connectivity index (χ1) is 18.4. The lowest BCUT2D eigenvalue weighted by Crippen LogP contribution is -2.63. The molecule has 39 heavy (non-hydrogen) atoms. The van der Waals surface area contributed by atoms with Crippen molar-refractivity contribution in [2.45, 2.75) is 50.1 Å². The Morgan fingerprint density at radius 3 is 2.23 bits per heavy atom. The maximum atomic E-state index is 13.4. The van der Waals surface area contributed by atoms with Crippen LogP contribution in [0, 0.1) is 11.3 Å². The van der Waals surface area contributed by atoms with Gasteiger partial charge in [0.05, 0.1) is 43.2 Å². The van der Waals surface area contributed by atoms with Crippen molar-refractivity contribution in [2.75, 3.05) is 39.5 Å². The second-order valence-electron chi connectivity index (χ2n) is 10.9. The zero-order valence-electron chi connectivity index (χ0n) is 21.3. The van der Waals surface area contributed by atoms with E-state index in [9.17, 15) is 31.4 Å². The van der Waals surface area contributed by atoms with Crippen molar-refractivity contribution in [3.8, 4) is 0 Å². The molecular weight excluding hydrogens is 528 g/mol. The summed E-state index contributed by atoms with van der Waals surface area (Å²) in [5.74, 6) is -0.237. The van der Waals surface area contributed by atoms with E-state index in [0.717, 1.165) is 5.56 Å². The van der Waals surface area contributed by atoms with Gasteiger partial charge in [-0.25, -0.2) is 0 Å². The van der Waals surface area contributed by atoms with Gasteiger partial charge in [-0.3, -0.25) is 0 Å². The monoisotopic (exact) mass is 559 g/mol. The molecule has 3 aliphatic rings. The summed E-state index contributed by atoms with van der Waals surface area (Å²) >= 11 is 0. The van der Waals surface area contributed by atoms with Crippen LogP contribution in [0.1, 0.15) is 47.6 Å². The first kappa shape index (κ1) is 28.4. The Morgan fingerprint density at radius 1 is 1.03 bits per heavy atom. The third kappa shape index (κ3) is 5.97. The topological polar surface area (TPSA) is 51.2 Å². The fourth-order valence-electron chi connectivity index (χ4n) is 6.02. The van der Waals surface area contributed by atoms with Crippen molar-refractivity contribution < 1.29 is 45.7 Å². The molecule has 3 saturated heterocycles. The highest BCUT2D eigenvalue weighted by molar-refractivity contribution is 5.35.